The van der Waals surface area contributed by atoms with E-state index in [0.29, 0.717) is 11.7 Å². The number of fused-ring (bicyclic) bond motifs is 1. The number of likely N-dealkylation sites (tertiary alicyclic amines) is 1. The molecule has 1 saturated heterocycles. The van der Waals surface area contributed by atoms with Crippen molar-refractivity contribution in [1.29, 1.82) is 0 Å². The van der Waals surface area contributed by atoms with Crippen LogP contribution >= 0.6 is 0 Å². The van der Waals surface area contributed by atoms with Crippen LogP contribution < -0.4 is 0 Å². The smallest absolute Gasteiger partial charge is 0.272 e. The highest BCUT2D eigenvalue weighted by Crippen LogP contribution is 2.21. The van der Waals surface area contributed by atoms with Crippen molar-refractivity contribution >= 4 is 16.8 Å². The molecular formula is C22H32N4O. The highest BCUT2D eigenvalue weighted by atomic mass is 16.2. The lowest BCUT2D eigenvalue weighted by atomic mass is 10.1. The van der Waals surface area contributed by atoms with Gasteiger partial charge in [0.05, 0.1) is 5.52 Å². The Morgan fingerprint density at radius 2 is 2.04 bits per heavy atom. The summed E-state index contributed by atoms with van der Waals surface area (Å²) in [5.41, 5.74) is 2.56. The van der Waals surface area contributed by atoms with Crippen LogP contribution in [0.15, 0.2) is 30.3 Å². The van der Waals surface area contributed by atoms with Crippen molar-refractivity contribution in [1.82, 2.24) is 19.7 Å². The number of para-hydroxylation sites is 1. The minimum Gasteiger partial charge on any atom is -0.334 e. The van der Waals surface area contributed by atoms with Crippen molar-refractivity contribution in [3.8, 4) is 0 Å². The van der Waals surface area contributed by atoms with Crippen molar-refractivity contribution in [3.05, 3.63) is 41.6 Å². The van der Waals surface area contributed by atoms with E-state index in [-0.39, 0.29) is 5.91 Å². The molecule has 0 bridgehead atoms. The van der Waals surface area contributed by atoms with Crippen LogP contribution in [0, 0.1) is 6.92 Å². The van der Waals surface area contributed by atoms with Gasteiger partial charge in [-0.15, -0.1) is 0 Å². The van der Waals surface area contributed by atoms with E-state index in [4.69, 9.17) is 0 Å². The predicted octanol–water partition coefficient (Wildman–Crippen LogP) is 3.03. The molecule has 146 valence electrons. The number of carbonyl (C=O) groups excluding carboxylic acids is 1. The molecule has 0 saturated carbocycles. The van der Waals surface area contributed by atoms with Crippen molar-refractivity contribution in [2.24, 2.45) is 0 Å². The van der Waals surface area contributed by atoms with Gasteiger partial charge < -0.3 is 9.80 Å². The van der Waals surface area contributed by atoms with Crippen LogP contribution in [-0.4, -0.2) is 78.5 Å². The number of rotatable bonds is 7. The molecule has 1 aliphatic rings. The molecule has 0 radical (unpaired) electrons. The minimum atomic E-state index is 0.0497. The van der Waals surface area contributed by atoms with E-state index in [1.807, 2.05) is 29.2 Å². The lowest BCUT2D eigenvalue weighted by molar-refractivity contribution is 0.0689. The van der Waals surface area contributed by atoms with Gasteiger partial charge in [0.1, 0.15) is 5.69 Å². The first kappa shape index (κ1) is 19.8. The third-order valence-corrected chi connectivity index (χ3v) is 5.58. The summed E-state index contributed by atoms with van der Waals surface area (Å²) >= 11 is 0. The third-order valence-electron chi connectivity index (χ3n) is 5.58. The molecule has 1 aromatic heterocycles. The molecule has 1 unspecified atom stereocenters. The topological polar surface area (TPSA) is 39.7 Å². The maximum Gasteiger partial charge on any atom is 0.272 e. The molecule has 0 N–H and O–H groups in total. The van der Waals surface area contributed by atoms with Gasteiger partial charge in [-0.3, -0.25) is 9.69 Å². The van der Waals surface area contributed by atoms with Gasteiger partial charge in [-0.2, -0.15) is 0 Å². The maximum atomic E-state index is 13.4. The molecule has 1 aliphatic heterocycles. The molecule has 27 heavy (non-hydrogen) atoms. The van der Waals surface area contributed by atoms with Crippen molar-refractivity contribution < 1.29 is 4.79 Å². The highest BCUT2D eigenvalue weighted by Gasteiger charge is 2.28. The molecule has 0 spiro atoms. The molecule has 0 aliphatic carbocycles. The van der Waals surface area contributed by atoms with E-state index in [1.165, 1.54) is 12.8 Å². The predicted molar refractivity (Wildman–Crippen MR) is 111 cm³/mol. The Morgan fingerprint density at radius 1 is 1.26 bits per heavy atom. The molecule has 3 rings (SSSR count). The second-order valence-electron chi connectivity index (χ2n) is 7.82. The average Bonchev–Trinajstić information content (AvgIpc) is 3.11. The average molecular weight is 369 g/mol. The fourth-order valence-corrected chi connectivity index (χ4v) is 3.99. The molecule has 1 fully saturated rings. The zero-order chi connectivity index (χ0) is 19.4. The maximum absolute atomic E-state index is 13.4. The molecule has 1 amide bonds. The molecule has 2 aromatic rings. The summed E-state index contributed by atoms with van der Waals surface area (Å²) in [6, 6.07) is 10.4. The number of likely N-dealkylation sites (N-methyl/N-ethyl adjacent to an activating group) is 2. The van der Waals surface area contributed by atoms with Crippen molar-refractivity contribution in [3.63, 3.8) is 0 Å². The SMILES string of the molecule is CCN1CCCC1CN(CCN(C)C)C(=O)c1cc(C)c2ccccc2n1. The van der Waals surface area contributed by atoms with E-state index in [2.05, 4.69) is 48.8 Å². The van der Waals surface area contributed by atoms with Gasteiger partial charge in [0.15, 0.2) is 0 Å². The lowest BCUT2D eigenvalue weighted by Gasteiger charge is -2.31. The fraction of sp³-hybridized carbons (Fsp3) is 0.545. The number of hydrogen-bond acceptors (Lipinski definition) is 4. The Labute approximate surface area is 163 Å². The number of aryl methyl sites for hydroxylation is 1. The van der Waals surface area contributed by atoms with E-state index < -0.39 is 0 Å². The summed E-state index contributed by atoms with van der Waals surface area (Å²) < 4.78 is 0. The van der Waals surface area contributed by atoms with Gasteiger partial charge >= 0.3 is 0 Å². The molecular weight excluding hydrogens is 336 g/mol. The number of pyridine rings is 1. The molecule has 5 nitrogen and oxygen atoms in total. The number of amides is 1. The van der Waals surface area contributed by atoms with E-state index in [9.17, 15) is 4.79 Å². The summed E-state index contributed by atoms with van der Waals surface area (Å²) in [7, 11) is 4.10. The van der Waals surface area contributed by atoms with E-state index >= 15 is 0 Å². The highest BCUT2D eigenvalue weighted by molar-refractivity contribution is 5.96. The quantitative estimate of drug-likeness (QED) is 0.753. The Morgan fingerprint density at radius 3 is 2.78 bits per heavy atom. The Bertz CT molecular complexity index is 789. The molecule has 5 heteroatoms. The van der Waals surface area contributed by atoms with Gasteiger partial charge in [0.25, 0.3) is 5.91 Å². The number of benzene rings is 1. The fourth-order valence-electron chi connectivity index (χ4n) is 3.99. The van der Waals surface area contributed by atoms with Crippen molar-refractivity contribution in [2.45, 2.75) is 32.7 Å². The third kappa shape index (κ3) is 4.66. The van der Waals surface area contributed by atoms with Gasteiger partial charge in [-0.05, 0) is 64.6 Å². The van der Waals surface area contributed by atoms with Gasteiger partial charge in [-0.25, -0.2) is 4.98 Å². The summed E-state index contributed by atoms with van der Waals surface area (Å²) in [6.07, 6.45) is 2.39. The molecule has 2 heterocycles. The number of nitrogens with zero attached hydrogens (tertiary/aromatic N) is 4. The summed E-state index contributed by atoms with van der Waals surface area (Å²) in [4.78, 5) is 24.7. The van der Waals surface area contributed by atoms with Crippen LogP contribution in [-0.2, 0) is 0 Å². The first-order valence-corrected chi connectivity index (χ1v) is 10.0. The zero-order valence-electron chi connectivity index (χ0n) is 17.1. The number of aromatic nitrogens is 1. The number of hydrogen-bond donors (Lipinski definition) is 0. The molecule has 1 atom stereocenters. The van der Waals surface area contributed by atoms with Crippen LogP contribution in [0.25, 0.3) is 10.9 Å². The van der Waals surface area contributed by atoms with Gasteiger partial charge in [0.2, 0.25) is 0 Å². The Kier molecular flexibility index (Phi) is 6.45. The van der Waals surface area contributed by atoms with Crippen LogP contribution in [0.4, 0.5) is 0 Å². The zero-order valence-corrected chi connectivity index (χ0v) is 17.1. The van der Waals surface area contributed by atoms with E-state index in [0.717, 1.165) is 49.2 Å². The van der Waals surface area contributed by atoms with Crippen molar-refractivity contribution in [2.75, 3.05) is 46.8 Å². The Hall–Kier alpha value is -1.98. The van der Waals surface area contributed by atoms with Crippen LogP contribution in [0.3, 0.4) is 0 Å². The second-order valence-corrected chi connectivity index (χ2v) is 7.82. The largest absolute Gasteiger partial charge is 0.334 e. The Balaban J connectivity index is 1.85. The van der Waals surface area contributed by atoms with Crippen LogP contribution in [0.5, 0.6) is 0 Å². The monoisotopic (exact) mass is 368 g/mol. The van der Waals surface area contributed by atoms with Crippen LogP contribution in [0.1, 0.15) is 35.8 Å². The minimum absolute atomic E-state index is 0.0497. The summed E-state index contributed by atoms with van der Waals surface area (Å²) in [6.45, 7) is 8.83. The molecule has 1 aromatic carbocycles. The second kappa shape index (κ2) is 8.81. The lowest BCUT2D eigenvalue weighted by Crippen LogP contribution is -2.45. The van der Waals surface area contributed by atoms with E-state index in [1.54, 1.807) is 0 Å². The summed E-state index contributed by atoms with van der Waals surface area (Å²) in [5.74, 6) is 0.0497. The first-order valence-electron chi connectivity index (χ1n) is 10.0. The number of carbonyl (C=O) groups is 1. The van der Waals surface area contributed by atoms with Crippen LogP contribution in [0.2, 0.25) is 0 Å². The standard InChI is InChI=1S/C22H32N4O/c1-5-25-12-8-9-18(25)16-26(14-13-24(3)4)22(27)21-15-17(2)19-10-6-7-11-20(19)23-21/h6-7,10-11,15,18H,5,8-9,12-14,16H2,1-4H3. The summed E-state index contributed by atoms with van der Waals surface area (Å²) in [5, 5.41) is 1.11. The van der Waals surface area contributed by atoms with Gasteiger partial charge in [0, 0.05) is 31.1 Å². The first-order chi connectivity index (χ1) is 13.0. The van der Waals surface area contributed by atoms with Gasteiger partial charge in [-0.1, -0.05) is 25.1 Å². The normalized spacial score (nSPS) is 17.7.